The summed E-state index contributed by atoms with van der Waals surface area (Å²) in [5.74, 6) is 0. The molecule has 0 saturated carbocycles. The number of fused-ring (bicyclic) bond motifs is 4. The summed E-state index contributed by atoms with van der Waals surface area (Å²) in [6.45, 7) is 7.08. The van der Waals surface area contributed by atoms with Crippen LogP contribution in [0.4, 0.5) is 34.1 Å². The van der Waals surface area contributed by atoms with Crippen molar-refractivity contribution in [2.45, 2.75) is 31.6 Å². The monoisotopic (exact) mass is 718 g/mol. The summed E-state index contributed by atoms with van der Waals surface area (Å²) in [6.07, 6.45) is 0. The van der Waals surface area contributed by atoms with Gasteiger partial charge in [-0.3, -0.25) is 0 Å². The Morgan fingerprint density at radius 3 is 1.12 bits per heavy atom. The molecule has 2 aliphatic rings. The molecule has 8 aromatic carbocycles. The molecular weight excluding hydrogens is 675 g/mol. The molecule has 56 heavy (non-hydrogen) atoms. The van der Waals surface area contributed by atoms with E-state index in [1.807, 2.05) is 0 Å². The second-order valence-corrected chi connectivity index (χ2v) is 16.1. The van der Waals surface area contributed by atoms with E-state index in [1.54, 1.807) is 0 Å². The van der Waals surface area contributed by atoms with E-state index in [0.29, 0.717) is 0 Å². The average Bonchev–Trinajstić information content (AvgIpc) is 3.25. The minimum Gasteiger partial charge on any atom is -0.311 e. The first-order valence-electron chi connectivity index (χ1n) is 19.7. The molecular formula is C53H43BN2. The molecule has 0 radical (unpaired) electrons. The summed E-state index contributed by atoms with van der Waals surface area (Å²) >= 11 is 0. The standard InChI is InChI=1S/C53H43BN2/c1-52(2,3)42-36-49-51-50(37-42)56(48-31-19-17-29-46(48)54(51)45-28-16-18-30-47(45)55(49)43-26-14-7-15-27-43)44-34-32-41(33-35-44)53(38-20-8-4-9-21-38,39-22-10-5-11-23-39)40-24-12-6-13-25-40/h4-37H,1-3H3. The summed E-state index contributed by atoms with van der Waals surface area (Å²) in [5.41, 5.74) is 16.9. The Morgan fingerprint density at radius 2 is 0.696 bits per heavy atom. The third kappa shape index (κ3) is 5.26. The van der Waals surface area contributed by atoms with E-state index in [4.69, 9.17) is 0 Å². The zero-order valence-electron chi connectivity index (χ0n) is 32.1. The highest BCUT2D eigenvalue weighted by atomic mass is 15.2. The molecule has 0 spiro atoms. The van der Waals surface area contributed by atoms with Crippen LogP contribution in [0.15, 0.2) is 206 Å². The number of para-hydroxylation sites is 3. The Bertz CT molecular complexity index is 2570. The highest BCUT2D eigenvalue weighted by molar-refractivity contribution is 7.00. The van der Waals surface area contributed by atoms with Crippen molar-refractivity contribution >= 4 is 57.2 Å². The smallest absolute Gasteiger partial charge is 0.252 e. The molecule has 2 heterocycles. The lowest BCUT2D eigenvalue weighted by atomic mass is 9.33. The molecule has 0 atom stereocenters. The van der Waals surface area contributed by atoms with Crippen molar-refractivity contribution in [2.24, 2.45) is 0 Å². The van der Waals surface area contributed by atoms with Crippen LogP contribution in [0.3, 0.4) is 0 Å². The Labute approximate surface area is 331 Å². The molecule has 0 bridgehead atoms. The third-order valence-electron chi connectivity index (χ3n) is 11.9. The Kier molecular flexibility index (Phi) is 8.08. The lowest BCUT2D eigenvalue weighted by molar-refractivity contribution is 0.590. The van der Waals surface area contributed by atoms with E-state index >= 15 is 0 Å². The summed E-state index contributed by atoms with van der Waals surface area (Å²) in [4.78, 5) is 5.01. The molecule has 0 unspecified atom stereocenters. The maximum absolute atomic E-state index is 2.52. The summed E-state index contributed by atoms with van der Waals surface area (Å²) in [5, 5.41) is 0. The van der Waals surface area contributed by atoms with Crippen LogP contribution < -0.4 is 26.2 Å². The predicted octanol–water partition coefficient (Wildman–Crippen LogP) is 11.4. The van der Waals surface area contributed by atoms with E-state index in [1.165, 1.54) is 72.6 Å². The van der Waals surface area contributed by atoms with Crippen LogP contribution in [0.1, 0.15) is 48.6 Å². The van der Waals surface area contributed by atoms with Crippen molar-refractivity contribution in [3.05, 3.63) is 234 Å². The summed E-state index contributed by atoms with van der Waals surface area (Å²) in [6, 6.07) is 76.2. The first kappa shape index (κ1) is 34.0. The normalized spacial score (nSPS) is 13.2. The quantitative estimate of drug-likeness (QED) is 0.125. The van der Waals surface area contributed by atoms with Gasteiger partial charge < -0.3 is 9.80 Å². The summed E-state index contributed by atoms with van der Waals surface area (Å²) < 4.78 is 0. The van der Waals surface area contributed by atoms with E-state index in [2.05, 4.69) is 237 Å². The van der Waals surface area contributed by atoms with Crippen LogP contribution >= 0.6 is 0 Å². The van der Waals surface area contributed by atoms with Gasteiger partial charge in [0.1, 0.15) is 0 Å². The SMILES string of the molecule is CC(C)(C)c1cc2c3c(c1)N(c1ccc(C(c4ccccc4)(c4ccccc4)c4ccccc4)cc1)c1ccccc1B3c1ccccc1N2c1ccccc1. The molecule has 0 fully saturated rings. The largest absolute Gasteiger partial charge is 0.311 e. The minimum atomic E-state index is -0.515. The molecule has 268 valence electrons. The fourth-order valence-electron chi connectivity index (χ4n) is 9.39. The van der Waals surface area contributed by atoms with Crippen LogP contribution in [-0.2, 0) is 10.8 Å². The van der Waals surface area contributed by atoms with E-state index < -0.39 is 5.41 Å². The highest BCUT2D eigenvalue weighted by Crippen LogP contribution is 2.48. The molecule has 2 nitrogen and oxygen atoms in total. The first-order valence-corrected chi connectivity index (χ1v) is 19.7. The molecule has 0 aromatic heterocycles. The van der Waals surface area contributed by atoms with Gasteiger partial charge in [0.2, 0.25) is 0 Å². The van der Waals surface area contributed by atoms with Crippen molar-refractivity contribution in [2.75, 3.05) is 9.80 Å². The van der Waals surface area contributed by atoms with Gasteiger partial charge in [-0.25, -0.2) is 0 Å². The van der Waals surface area contributed by atoms with Crippen molar-refractivity contribution < 1.29 is 0 Å². The van der Waals surface area contributed by atoms with E-state index in [9.17, 15) is 0 Å². The van der Waals surface area contributed by atoms with E-state index in [0.717, 1.165) is 5.69 Å². The number of nitrogens with zero attached hydrogens (tertiary/aromatic N) is 2. The van der Waals surface area contributed by atoms with Gasteiger partial charge in [-0.05, 0) is 98.2 Å². The van der Waals surface area contributed by atoms with Crippen LogP contribution in [0, 0.1) is 0 Å². The topological polar surface area (TPSA) is 6.48 Å². The molecule has 8 aromatic rings. The van der Waals surface area contributed by atoms with Crippen molar-refractivity contribution in [1.29, 1.82) is 0 Å². The zero-order valence-corrected chi connectivity index (χ0v) is 32.1. The van der Waals surface area contributed by atoms with Crippen LogP contribution in [0.5, 0.6) is 0 Å². The van der Waals surface area contributed by atoms with Crippen LogP contribution in [0.2, 0.25) is 0 Å². The van der Waals surface area contributed by atoms with Gasteiger partial charge in [0.25, 0.3) is 6.71 Å². The van der Waals surface area contributed by atoms with Gasteiger partial charge in [-0.15, -0.1) is 0 Å². The fraction of sp³-hybridized carbons (Fsp3) is 0.0943. The van der Waals surface area contributed by atoms with Gasteiger partial charge in [-0.1, -0.05) is 178 Å². The number of benzene rings is 8. The summed E-state index contributed by atoms with van der Waals surface area (Å²) in [7, 11) is 0. The van der Waals surface area contributed by atoms with Crippen LogP contribution in [-0.4, -0.2) is 6.71 Å². The van der Waals surface area contributed by atoms with Gasteiger partial charge in [0.05, 0.1) is 5.41 Å². The maximum atomic E-state index is 2.52. The Morgan fingerprint density at radius 1 is 0.339 bits per heavy atom. The highest BCUT2D eigenvalue weighted by Gasteiger charge is 2.44. The lowest BCUT2D eigenvalue weighted by Crippen LogP contribution is -2.61. The lowest BCUT2D eigenvalue weighted by Gasteiger charge is -2.45. The zero-order chi connectivity index (χ0) is 37.9. The maximum Gasteiger partial charge on any atom is 0.252 e. The molecule has 3 heteroatoms. The molecule has 0 saturated heterocycles. The Balaban J connectivity index is 1.23. The van der Waals surface area contributed by atoms with Gasteiger partial charge in [0, 0.05) is 34.1 Å². The van der Waals surface area contributed by atoms with Gasteiger partial charge >= 0.3 is 0 Å². The minimum absolute atomic E-state index is 0.0759. The van der Waals surface area contributed by atoms with Crippen LogP contribution in [0.25, 0.3) is 0 Å². The molecule has 0 N–H and O–H groups in total. The van der Waals surface area contributed by atoms with Crippen molar-refractivity contribution in [3.8, 4) is 0 Å². The number of hydrogen-bond acceptors (Lipinski definition) is 2. The molecule has 0 amide bonds. The Hall–Kier alpha value is -6.58. The van der Waals surface area contributed by atoms with Crippen molar-refractivity contribution in [3.63, 3.8) is 0 Å². The third-order valence-corrected chi connectivity index (χ3v) is 11.9. The average molecular weight is 719 g/mol. The van der Waals surface area contributed by atoms with E-state index in [-0.39, 0.29) is 12.1 Å². The molecule has 2 aliphatic heterocycles. The predicted molar refractivity (Wildman–Crippen MR) is 237 cm³/mol. The molecule has 10 rings (SSSR count). The molecule has 0 aliphatic carbocycles. The number of hydrogen-bond donors (Lipinski definition) is 0. The second-order valence-electron chi connectivity index (χ2n) is 16.1. The number of anilines is 6. The number of rotatable bonds is 6. The van der Waals surface area contributed by atoms with Gasteiger partial charge in [-0.2, -0.15) is 0 Å². The fourth-order valence-corrected chi connectivity index (χ4v) is 9.39. The van der Waals surface area contributed by atoms with Crippen molar-refractivity contribution in [1.82, 2.24) is 0 Å². The first-order chi connectivity index (χ1) is 27.4. The second kappa shape index (κ2) is 13.3. The van der Waals surface area contributed by atoms with Gasteiger partial charge in [0.15, 0.2) is 0 Å².